The zero-order chi connectivity index (χ0) is 21.8. The van der Waals surface area contributed by atoms with Crippen LogP contribution < -0.4 is 15.5 Å². The molecule has 0 unspecified atom stereocenters. The molecule has 2 aromatic rings. The Kier molecular flexibility index (Phi) is 6.16. The van der Waals surface area contributed by atoms with Crippen LogP contribution in [0.1, 0.15) is 31.7 Å². The molecule has 0 saturated carbocycles. The van der Waals surface area contributed by atoms with Crippen LogP contribution in [0.5, 0.6) is 0 Å². The van der Waals surface area contributed by atoms with Gasteiger partial charge in [-0.2, -0.15) is 0 Å². The van der Waals surface area contributed by atoms with Crippen molar-refractivity contribution in [1.29, 1.82) is 0 Å². The molecule has 0 bridgehead atoms. The van der Waals surface area contributed by atoms with E-state index in [0.717, 1.165) is 37.7 Å². The van der Waals surface area contributed by atoms with Gasteiger partial charge in [-0.3, -0.25) is 14.9 Å². The fourth-order valence-electron chi connectivity index (χ4n) is 3.76. The Hall–Kier alpha value is -3.42. The van der Waals surface area contributed by atoms with Gasteiger partial charge < -0.3 is 15.1 Å². The zero-order valence-electron chi connectivity index (χ0n) is 17.9. The highest BCUT2D eigenvalue weighted by Crippen LogP contribution is 2.18. The number of aliphatic imine (C=N–C) groups is 1. The van der Waals surface area contributed by atoms with Gasteiger partial charge in [-0.25, -0.2) is 9.98 Å². The van der Waals surface area contributed by atoms with Gasteiger partial charge in [0.15, 0.2) is 0 Å². The van der Waals surface area contributed by atoms with E-state index in [0.29, 0.717) is 11.9 Å². The molecule has 2 N–H and O–H groups in total. The Bertz CT molecular complexity index is 950. The van der Waals surface area contributed by atoms with Crippen molar-refractivity contribution in [3.8, 4) is 0 Å². The quantitative estimate of drug-likeness (QED) is 0.774. The topological polar surface area (TPSA) is 89.9 Å². The van der Waals surface area contributed by atoms with Crippen molar-refractivity contribution in [2.75, 3.05) is 36.4 Å². The number of carbonyl (C=O) groups excluding carboxylic acids is 2. The Labute approximate surface area is 182 Å². The molecule has 31 heavy (non-hydrogen) atoms. The van der Waals surface area contributed by atoms with E-state index in [1.165, 1.54) is 5.56 Å². The second-order valence-electron chi connectivity index (χ2n) is 8.15. The van der Waals surface area contributed by atoms with E-state index >= 15 is 0 Å². The number of nitrogens with zero attached hydrogens (tertiary/aromatic N) is 4. The third kappa shape index (κ3) is 5.02. The van der Waals surface area contributed by atoms with E-state index in [9.17, 15) is 9.59 Å². The highest BCUT2D eigenvalue weighted by Gasteiger charge is 2.32. The van der Waals surface area contributed by atoms with E-state index in [4.69, 9.17) is 0 Å². The van der Waals surface area contributed by atoms with Crippen LogP contribution in [0.15, 0.2) is 53.7 Å². The summed E-state index contributed by atoms with van der Waals surface area (Å²) in [6.45, 7) is 7.31. The number of rotatable bonds is 5. The van der Waals surface area contributed by atoms with E-state index in [-0.39, 0.29) is 18.2 Å². The van der Waals surface area contributed by atoms with Crippen LogP contribution in [0.3, 0.4) is 0 Å². The van der Waals surface area contributed by atoms with Crippen LogP contribution in [0.2, 0.25) is 0 Å². The minimum Gasteiger partial charge on any atom is -0.353 e. The fourth-order valence-corrected chi connectivity index (χ4v) is 3.76. The van der Waals surface area contributed by atoms with Crippen molar-refractivity contribution in [3.05, 3.63) is 54.2 Å². The van der Waals surface area contributed by atoms with Gasteiger partial charge in [0.2, 0.25) is 11.9 Å². The maximum atomic E-state index is 12.4. The highest BCUT2D eigenvalue weighted by molar-refractivity contribution is 6.07. The number of nitrogens with one attached hydrogen (secondary N) is 2. The lowest BCUT2D eigenvalue weighted by Crippen LogP contribution is -2.52. The summed E-state index contributed by atoms with van der Waals surface area (Å²) in [6, 6.07) is 13.0. The van der Waals surface area contributed by atoms with Gasteiger partial charge >= 0.3 is 0 Å². The number of pyridine rings is 1. The average Bonchev–Trinajstić information content (AvgIpc) is 3.15. The summed E-state index contributed by atoms with van der Waals surface area (Å²) in [6.07, 6.45) is 1.81. The normalized spacial score (nSPS) is 18.7. The molecule has 1 aromatic carbocycles. The first-order valence-electron chi connectivity index (χ1n) is 10.7. The number of piperazine rings is 1. The average molecular weight is 421 g/mol. The number of anilines is 2. The summed E-state index contributed by atoms with van der Waals surface area (Å²) >= 11 is 0. The molecule has 8 heteroatoms. The van der Waals surface area contributed by atoms with Crippen molar-refractivity contribution >= 4 is 29.3 Å². The Morgan fingerprint density at radius 3 is 2.45 bits per heavy atom. The predicted molar refractivity (Wildman–Crippen MR) is 121 cm³/mol. The predicted octanol–water partition coefficient (Wildman–Crippen LogP) is 2.21. The molecule has 1 fully saturated rings. The Morgan fingerprint density at radius 1 is 1.10 bits per heavy atom. The minimum absolute atomic E-state index is 0.0230. The molecule has 1 saturated heterocycles. The number of aromatic nitrogens is 1. The smallest absolute Gasteiger partial charge is 0.252 e. The molecule has 2 amide bonds. The highest BCUT2D eigenvalue weighted by atomic mass is 16.2. The molecule has 0 radical (unpaired) electrons. The number of hydrogen-bond acceptors (Lipinski definition) is 6. The SMILES string of the molecule is CC(C)c1ccc(NC(=O)C[C@@H]2N=C(N3CCN(c4ccccn4)CC3)NC2=O)cc1. The van der Waals surface area contributed by atoms with Crippen molar-refractivity contribution in [2.45, 2.75) is 32.2 Å². The Morgan fingerprint density at radius 2 is 1.81 bits per heavy atom. The van der Waals surface area contributed by atoms with E-state index < -0.39 is 6.04 Å². The lowest BCUT2D eigenvalue weighted by molar-refractivity contribution is -0.123. The van der Waals surface area contributed by atoms with Gasteiger partial charge in [0.25, 0.3) is 5.91 Å². The van der Waals surface area contributed by atoms with Crippen LogP contribution in [-0.4, -0.2) is 59.9 Å². The molecule has 1 atom stereocenters. The summed E-state index contributed by atoms with van der Waals surface area (Å²) in [5.41, 5.74) is 1.94. The molecule has 1 aromatic heterocycles. The van der Waals surface area contributed by atoms with Crippen molar-refractivity contribution in [1.82, 2.24) is 15.2 Å². The van der Waals surface area contributed by atoms with Gasteiger partial charge in [-0.1, -0.05) is 32.0 Å². The van der Waals surface area contributed by atoms with Gasteiger partial charge in [-0.15, -0.1) is 0 Å². The van der Waals surface area contributed by atoms with E-state index in [1.807, 2.05) is 42.5 Å². The number of guanidine groups is 1. The largest absolute Gasteiger partial charge is 0.353 e. The van der Waals surface area contributed by atoms with Crippen LogP contribution in [0.25, 0.3) is 0 Å². The van der Waals surface area contributed by atoms with Gasteiger partial charge in [-0.05, 0) is 35.7 Å². The lowest BCUT2D eigenvalue weighted by atomic mass is 10.0. The summed E-state index contributed by atoms with van der Waals surface area (Å²) in [7, 11) is 0. The number of carbonyl (C=O) groups is 2. The Balaban J connectivity index is 1.30. The third-order valence-electron chi connectivity index (χ3n) is 5.61. The van der Waals surface area contributed by atoms with E-state index in [2.05, 4.69) is 44.3 Å². The monoisotopic (exact) mass is 420 g/mol. The maximum absolute atomic E-state index is 12.4. The first-order valence-corrected chi connectivity index (χ1v) is 10.7. The molecule has 2 aliphatic rings. The molecule has 0 spiro atoms. The second kappa shape index (κ2) is 9.16. The summed E-state index contributed by atoms with van der Waals surface area (Å²) in [5.74, 6) is 1.50. The minimum atomic E-state index is -0.696. The second-order valence-corrected chi connectivity index (χ2v) is 8.15. The fraction of sp³-hybridized carbons (Fsp3) is 0.391. The number of amides is 2. The van der Waals surface area contributed by atoms with Crippen LogP contribution in [0, 0.1) is 0 Å². The molecule has 162 valence electrons. The molecular formula is C23H28N6O2. The first-order chi connectivity index (χ1) is 15.0. The molecule has 0 aliphatic carbocycles. The van der Waals surface area contributed by atoms with Gasteiger partial charge in [0, 0.05) is 38.1 Å². The van der Waals surface area contributed by atoms with Crippen LogP contribution in [-0.2, 0) is 9.59 Å². The molecular weight excluding hydrogens is 392 g/mol. The molecule has 8 nitrogen and oxygen atoms in total. The molecule has 2 aliphatic heterocycles. The third-order valence-corrected chi connectivity index (χ3v) is 5.61. The van der Waals surface area contributed by atoms with E-state index in [1.54, 1.807) is 6.20 Å². The first kappa shape index (κ1) is 20.8. The zero-order valence-corrected chi connectivity index (χ0v) is 17.9. The number of hydrogen-bond donors (Lipinski definition) is 2. The maximum Gasteiger partial charge on any atom is 0.252 e. The summed E-state index contributed by atoms with van der Waals surface area (Å²) in [5, 5.41) is 5.70. The summed E-state index contributed by atoms with van der Waals surface area (Å²) in [4.78, 5) is 38.0. The molecule has 4 rings (SSSR count). The van der Waals surface area contributed by atoms with Gasteiger partial charge in [0.1, 0.15) is 11.9 Å². The molecule has 3 heterocycles. The van der Waals surface area contributed by atoms with Crippen molar-refractivity contribution < 1.29 is 9.59 Å². The number of benzene rings is 1. The van der Waals surface area contributed by atoms with Crippen LogP contribution in [0.4, 0.5) is 11.5 Å². The summed E-state index contributed by atoms with van der Waals surface area (Å²) < 4.78 is 0. The lowest BCUT2D eigenvalue weighted by Gasteiger charge is -2.36. The van der Waals surface area contributed by atoms with Crippen LogP contribution >= 0.6 is 0 Å². The van der Waals surface area contributed by atoms with Crippen molar-refractivity contribution in [2.24, 2.45) is 4.99 Å². The standard InChI is InChI=1S/C23H28N6O2/c1-16(2)17-6-8-18(9-7-17)25-21(30)15-19-22(31)27-23(26-19)29-13-11-28(12-14-29)20-5-3-4-10-24-20/h3-10,16,19H,11-15H2,1-2H3,(H,25,30)(H,26,27,31)/t19-/m0/s1. The van der Waals surface area contributed by atoms with Crippen molar-refractivity contribution in [3.63, 3.8) is 0 Å². The van der Waals surface area contributed by atoms with Gasteiger partial charge in [0.05, 0.1) is 6.42 Å².